The molecule has 2 aliphatic heterocycles. The van der Waals surface area contributed by atoms with Crippen molar-refractivity contribution in [3.8, 4) is 0 Å². The van der Waals surface area contributed by atoms with Crippen molar-refractivity contribution in [3.63, 3.8) is 0 Å². The lowest BCUT2D eigenvalue weighted by Crippen LogP contribution is -2.31. The van der Waals surface area contributed by atoms with Gasteiger partial charge in [0.05, 0.1) is 11.7 Å². The normalized spacial score (nSPS) is 19.8. The van der Waals surface area contributed by atoms with E-state index in [0.717, 1.165) is 22.7 Å². The summed E-state index contributed by atoms with van der Waals surface area (Å²) in [6.07, 6.45) is 5.49. The summed E-state index contributed by atoms with van der Waals surface area (Å²) < 4.78 is 19.6. The van der Waals surface area contributed by atoms with Gasteiger partial charge in [0.2, 0.25) is 0 Å². The van der Waals surface area contributed by atoms with Crippen LogP contribution in [0, 0.1) is 5.82 Å². The first kappa shape index (κ1) is 16.7. The predicted molar refractivity (Wildman–Crippen MR) is 106 cm³/mol. The van der Waals surface area contributed by atoms with E-state index in [9.17, 15) is 4.39 Å². The third-order valence-corrected chi connectivity index (χ3v) is 5.04. The second-order valence-electron chi connectivity index (χ2n) is 6.80. The van der Waals surface area contributed by atoms with Gasteiger partial charge < -0.3 is 9.64 Å². The van der Waals surface area contributed by atoms with Gasteiger partial charge in [0, 0.05) is 18.5 Å². The van der Waals surface area contributed by atoms with Crippen LogP contribution in [0.1, 0.15) is 34.6 Å². The van der Waals surface area contributed by atoms with Crippen molar-refractivity contribution in [2.24, 2.45) is 4.99 Å². The number of pyridine rings is 1. The number of benzene rings is 2. The molecule has 2 aromatic carbocycles. The molecule has 2 unspecified atom stereocenters. The Labute approximate surface area is 162 Å². The largest absolute Gasteiger partial charge is 0.472 e. The molecule has 0 aliphatic carbocycles. The van der Waals surface area contributed by atoms with Crippen LogP contribution in [0.3, 0.4) is 0 Å². The highest BCUT2D eigenvalue weighted by Crippen LogP contribution is 2.44. The molecule has 0 N–H and O–H groups in total. The van der Waals surface area contributed by atoms with Gasteiger partial charge in [0.1, 0.15) is 18.6 Å². The van der Waals surface area contributed by atoms with Crippen LogP contribution in [0.15, 0.2) is 83.8 Å². The molecule has 5 heteroatoms. The van der Waals surface area contributed by atoms with E-state index in [2.05, 4.69) is 22.0 Å². The lowest BCUT2D eigenvalue weighted by atomic mass is 9.96. The summed E-state index contributed by atoms with van der Waals surface area (Å²) in [6.45, 7) is 0.369. The maximum Gasteiger partial charge on any atom is 0.193 e. The maximum absolute atomic E-state index is 13.4. The van der Waals surface area contributed by atoms with Gasteiger partial charge in [-0.05, 0) is 41.0 Å². The average molecular weight is 371 g/mol. The third kappa shape index (κ3) is 2.95. The molecule has 0 bridgehead atoms. The predicted octanol–water partition coefficient (Wildman–Crippen LogP) is 4.88. The highest BCUT2D eigenvalue weighted by atomic mass is 19.1. The number of halogens is 1. The van der Waals surface area contributed by atoms with Gasteiger partial charge in [0.25, 0.3) is 0 Å². The van der Waals surface area contributed by atoms with E-state index in [4.69, 9.17) is 9.73 Å². The van der Waals surface area contributed by atoms with E-state index in [1.54, 1.807) is 18.3 Å². The molecule has 2 aliphatic rings. The fourth-order valence-electron chi connectivity index (χ4n) is 3.69. The van der Waals surface area contributed by atoms with Gasteiger partial charge >= 0.3 is 0 Å². The fraction of sp³-hybridized carbons (Fsp3) is 0.130. The smallest absolute Gasteiger partial charge is 0.193 e. The molecule has 0 amide bonds. The number of ether oxygens (including phenoxy) is 1. The summed E-state index contributed by atoms with van der Waals surface area (Å²) in [5.74, 6) is 0.481. The lowest BCUT2D eigenvalue weighted by molar-refractivity contribution is 0.0738. The number of nitrogens with zero attached hydrogens (tertiary/aromatic N) is 3. The molecule has 0 saturated carbocycles. The van der Waals surface area contributed by atoms with Crippen molar-refractivity contribution in [2.45, 2.75) is 18.8 Å². The Morgan fingerprint density at radius 2 is 1.79 bits per heavy atom. The zero-order valence-electron chi connectivity index (χ0n) is 15.1. The molecule has 1 aromatic heterocycles. The zero-order chi connectivity index (χ0) is 18.9. The molecule has 3 heterocycles. The number of hydrogen-bond acceptors (Lipinski definition) is 4. The van der Waals surface area contributed by atoms with Gasteiger partial charge in [-0.3, -0.25) is 9.98 Å². The fourth-order valence-corrected chi connectivity index (χ4v) is 3.69. The van der Waals surface area contributed by atoms with Gasteiger partial charge in [-0.25, -0.2) is 4.39 Å². The summed E-state index contributed by atoms with van der Waals surface area (Å²) in [7, 11) is 0. The Hall–Kier alpha value is -3.47. The van der Waals surface area contributed by atoms with Crippen LogP contribution in [-0.4, -0.2) is 16.1 Å². The second kappa shape index (κ2) is 6.93. The second-order valence-corrected chi connectivity index (χ2v) is 6.80. The Balaban J connectivity index is 1.51. The van der Waals surface area contributed by atoms with Crippen LogP contribution < -0.4 is 0 Å². The van der Waals surface area contributed by atoms with E-state index < -0.39 is 0 Å². The van der Waals surface area contributed by atoms with Crippen molar-refractivity contribution in [2.75, 3.05) is 0 Å². The van der Waals surface area contributed by atoms with E-state index in [1.165, 1.54) is 17.7 Å². The minimum Gasteiger partial charge on any atom is -0.472 e. The molecular weight excluding hydrogens is 353 g/mol. The summed E-state index contributed by atoms with van der Waals surface area (Å²) in [4.78, 5) is 11.2. The lowest BCUT2D eigenvalue weighted by Gasteiger charge is -2.36. The van der Waals surface area contributed by atoms with Gasteiger partial charge in [-0.2, -0.15) is 0 Å². The van der Waals surface area contributed by atoms with Crippen LogP contribution in [0.2, 0.25) is 0 Å². The highest BCUT2D eigenvalue weighted by Gasteiger charge is 2.38. The first-order chi connectivity index (χ1) is 13.8. The number of fused-ring (bicyclic) bond motifs is 3. The van der Waals surface area contributed by atoms with Crippen molar-refractivity contribution < 1.29 is 9.13 Å². The molecule has 0 saturated heterocycles. The summed E-state index contributed by atoms with van der Waals surface area (Å²) >= 11 is 0. The third-order valence-electron chi connectivity index (χ3n) is 5.04. The summed E-state index contributed by atoms with van der Waals surface area (Å²) in [5.41, 5.74) is 4.08. The Morgan fingerprint density at radius 1 is 0.964 bits per heavy atom. The minimum atomic E-state index is -0.256. The van der Waals surface area contributed by atoms with Gasteiger partial charge in [-0.15, -0.1) is 0 Å². The molecule has 0 fully saturated rings. The number of aliphatic imine (C=N–C) groups is 1. The van der Waals surface area contributed by atoms with E-state index in [0.29, 0.717) is 6.61 Å². The van der Waals surface area contributed by atoms with E-state index >= 15 is 0 Å². The van der Waals surface area contributed by atoms with Crippen molar-refractivity contribution in [1.82, 2.24) is 9.88 Å². The number of aromatic nitrogens is 1. The topological polar surface area (TPSA) is 37.7 Å². The average Bonchev–Trinajstić information content (AvgIpc) is 3.19. The van der Waals surface area contributed by atoms with E-state index in [1.807, 2.05) is 42.6 Å². The number of rotatable bonds is 4. The van der Waals surface area contributed by atoms with Crippen LogP contribution in [0.25, 0.3) is 6.08 Å². The van der Waals surface area contributed by atoms with Gasteiger partial charge in [-0.1, -0.05) is 42.5 Å². The van der Waals surface area contributed by atoms with Crippen LogP contribution in [-0.2, 0) is 11.3 Å². The minimum absolute atomic E-state index is 0.0185. The highest BCUT2D eigenvalue weighted by molar-refractivity contribution is 5.76. The van der Waals surface area contributed by atoms with Crippen molar-refractivity contribution >= 4 is 12.3 Å². The van der Waals surface area contributed by atoms with Crippen molar-refractivity contribution in [1.29, 1.82) is 0 Å². The monoisotopic (exact) mass is 371 g/mol. The van der Waals surface area contributed by atoms with Gasteiger partial charge in [0.15, 0.2) is 5.88 Å². The molecule has 138 valence electrons. The Morgan fingerprint density at radius 3 is 2.61 bits per heavy atom. The maximum atomic E-state index is 13.4. The first-order valence-electron chi connectivity index (χ1n) is 9.20. The summed E-state index contributed by atoms with van der Waals surface area (Å²) in [6, 6.07) is 20.5. The molecular formula is C23H18FN3O. The molecule has 0 radical (unpaired) electrons. The van der Waals surface area contributed by atoms with E-state index in [-0.39, 0.29) is 18.0 Å². The number of hydrogen-bond donors (Lipinski definition) is 0. The van der Waals surface area contributed by atoms with Crippen molar-refractivity contribution in [3.05, 3.63) is 107 Å². The quantitative estimate of drug-likeness (QED) is 0.656. The molecule has 3 aromatic rings. The summed E-state index contributed by atoms with van der Waals surface area (Å²) in [5, 5.41) is 0. The molecule has 4 nitrogen and oxygen atoms in total. The van der Waals surface area contributed by atoms with Crippen LogP contribution in [0.5, 0.6) is 0 Å². The zero-order valence-corrected chi connectivity index (χ0v) is 15.1. The SMILES string of the molecule is Fc1ccc(C2N=CC3c4ccccc4C=C(OCc4ccccn4)N32)cc1. The molecule has 28 heavy (non-hydrogen) atoms. The van der Waals surface area contributed by atoms with Crippen LogP contribution >= 0.6 is 0 Å². The molecule has 5 rings (SSSR count). The first-order valence-corrected chi connectivity index (χ1v) is 9.20. The Kier molecular flexibility index (Phi) is 4.13. The Bertz CT molecular complexity index is 1050. The standard InChI is InChI=1S/C23H18FN3O/c24-18-10-8-16(9-11-18)23-26-14-21-20-7-2-1-5-17(20)13-22(27(21)23)28-15-19-6-3-4-12-25-19/h1-14,21,23H,15H2. The van der Waals surface area contributed by atoms with Crippen LogP contribution in [0.4, 0.5) is 4.39 Å². The molecule has 0 spiro atoms. The molecule has 2 atom stereocenters.